The lowest BCUT2D eigenvalue weighted by molar-refractivity contribution is -0.127. The van der Waals surface area contributed by atoms with Gasteiger partial charge in [0.1, 0.15) is 18.5 Å². The van der Waals surface area contributed by atoms with Crippen LogP contribution >= 0.6 is 0 Å². The Hall–Kier alpha value is -3.23. The molecular formula is C25H32N2O6. The molecule has 1 aliphatic rings. The highest BCUT2D eigenvalue weighted by Crippen LogP contribution is 2.38. The molecule has 33 heavy (non-hydrogen) atoms. The van der Waals surface area contributed by atoms with E-state index in [4.69, 9.17) is 18.9 Å². The van der Waals surface area contributed by atoms with Crippen molar-refractivity contribution in [1.82, 2.24) is 9.80 Å². The maximum atomic E-state index is 12.7. The molecule has 0 bridgehead atoms. The predicted octanol–water partition coefficient (Wildman–Crippen LogP) is 2.31. The molecule has 1 saturated heterocycles. The van der Waals surface area contributed by atoms with Crippen LogP contribution in [0.25, 0.3) is 6.08 Å². The van der Waals surface area contributed by atoms with Crippen molar-refractivity contribution in [1.29, 1.82) is 0 Å². The van der Waals surface area contributed by atoms with Crippen LogP contribution in [0.5, 0.6) is 23.0 Å². The van der Waals surface area contributed by atoms with Gasteiger partial charge >= 0.3 is 0 Å². The number of aliphatic hydroxyl groups excluding tert-OH is 1. The van der Waals surface area contributed by atoms with Crippen LogP contribution in [0.4, 0.5) is 0 Å². The van der Waals surface area contributed by atoms with Gasteiger partial charge in [0.15, 0.2) is 11.5 Å². The van der Waals surface area contributed by atoms with Crippen molar-refractivity contribution in [2.75, 3.05) is 60.7 Å². The van der Waals surface area contributed by atoms with Crippen molar-refractivity contribution < 1.29 is 28.8 Å². The first-order valence-corrected chi connectivity index (χ1v) is 10.9. The molecule has 0 radical (unpaired) electrons. The summed E-state index contributed by atoms with van der Waals surface area (Å²) in [5.74, 6) is 2.26. The van der Waals surface area contributed by atoms with Crippen LogP contribution in [-0.2, 0) is 4.79 Å². The number of amides is 1. The molecule has 1 N–H and O–H groups in total. The van der Waals surface area contributed by atoms with E-state index in [-0.39, 0.29) is 12.5 Å². The van der Waals surface area contributed by atoms with Crippen LogP contribution in [0.3, 0.4) is 0 Å². The van der Waals surface area contributed by atoms with Gasteiger partial charge in [-0.2, -0.15) is 0 Å². The summed E-state index contributed by atoms with van der Waals surface area (Å²) < 4.78 is 21.7. The predicted molar refractivity (Wildman–Crippen MR) is 126 cm³/mol. The van der Waals surface area contributed by atoms with E-state index in [1.807, 2.05) is 30.3 Å². The monoisotopic (exact) mass is 456 g/mol. The molecule has 3 rings (SSSR count). The van der Waals surface area contributed by atoms with E-state index >= 15 is 0 Å². The molecule has 0 aromatic heterocycles. The van der Waals surface area contributed by atoms with Crippen LogP contribution < -0.4 is 18.9 Å². The van der Waals surface area contributed by atoms with E-state index < -0.39 is 6.10 Å². The third kappa shape index (κ3) is 6.87. The van der Waals surface area contributed by atoms with Crippen molar-refractivity contribution >= 4 is 12.0 Å². The number of hydrogen-bond donors (Lipinski definition) is 1. The summed E-state index contributed by atoms with van der Waals surface area (Å²) in [4.78, 5) is 16.6. The maximum Gasteiger partial charge on any atom is 0.246 e. The van der Waals surface area contributed by atoms with Crippen LogP contribution in [0, 0.1) is 0 Å². The first kappa shape index (κ1) is 24.4. The molecule has 0 saturated carbocycles. The van der Waals surface area contributed by atoms with E-state index in [2.05, 4.69) is 4.90 Å². The Bertz CT molecular complexity index is 901. The second-order valence-corrected chi connectivity index (χ2v) is 7.70. The molecule has 178 valence electrons. The summed E-state index contributed by atoms with van der Waals surface area (Å²) in [6, 6.07) is 13.0. The average molecular weight is 457 g/mol. The van der Waals surface area contributed by atoms with Gasteiger partial charge in [0.2, 0.25) is 11.7 Å². The Kier molecular flexibility index (Phi) is 8.97. The third-order valence-corrected chi connectivity index (χ3v) is 5.44. The largest absolute Gasteiger partial charge is 0.493 e. The third-order valence-electron chi connectivity index (χ3n) is 5.44. The summed E-state index contributed by atoms with van der Waals surface area (Å²) >= 11 is 0. The van der Waals surface area contributed by atoms with Gasteiger partial charge < -0.3 is 29.0 Å². The summed E-state index contributed by atoms with van der Waals surface area (Å²) in [5.41, 5.74) is 0.776. The fourth-order valence-electron chi connectivity index (χ4n) is 3.68. The molecule has 8 heteroatoms. The van der Waals surface area contributed by atoms with Crippen molar-refractivity contribution in [2.45, 2.75) is 6.10 Å². The highest BCUT2D eigenvalue weighted by molar-refractivity contribution is 5.92. The molecule has 0 spiro atoms. The number of rotatable bonds is 10. The summed E-state index contributed by atoms with van der Waals surface area (Å²) in [5, 5.41) is 10.3. The number of benzene rings is 2. The fourth-order valence-corrected chi connectivity index (χ4v) is 3.68. The molecule has 1 heterocycles. The molecule has 1 aliphatic heterocycles. The van der Waals surface area contributed by atoms with E-state index in [9.17, 15) is 9.90 Å². The zero-order valence-electron chi connectivity index (χ0n) is 19.4. The van der Waals surface area contributed by atoms with Crippen LogP contribution in [0.2, 0.25) is 0 Å². The highest BCUT2D eigenvalue weighted by Gasteiger charge is 2.22. The smallest absolute Gasteiger partial charge is 0.246 e. The Morgan fingerprint density at radius 3 is 2.21 bits per heavy atom. The van der Waals surface area contributed by atoms with Crippen molar-refractivity contribution in [3.63, 3.8) is 0 Å². The van der Waals surface area contributed by atoms with Gasteiger partial charge in [-0.25, -0.2) is 0 Å². The average Bonchev–Trinajstić information content (AvgIpc) is 2.86. The van der Waals surface area contributed by atoms with Crippen molar-refractivity contribution in [3.05, 3.63) is 54.1 Å². The van der Waals surface area contributed by atoms with Crippen molar-refractivity contribution in [2.24, 2.45) is 0 Å². The highest BCUT2D eigenvalue weighted by atomic mass is 16.5. The Morgan fingerprint density at radius 1 is 1.00 bits per heavy atom. The van der Waals surface area contributed by atoms with E-state index in [0.717, 1.165) is 11.3 Å². The quantitative estimate of drug-likeness (QED) is 0.550. The summed E-state index contributed by atoms with van der Waals surface area (Å²) in [6.07, 6.45) is 2.70. The van der Waals surface area contributed by atoms with Gasteiger partial charge in [0.05, 0.1) is 21.3 Å². The maximum absolute atomic E-state index is 12.7. The second kappa shape index (κ2) is 12.1. The lowest BCUT2D eigenvalue weighted by atomic mass is 10.1. The van der Waals surface area contributed by atoms with E-state index in [0.29, 0.717) is 50.0 Å². The number of para-hydroxylation sites is 1. The summed E-state index contributed by atoms with van der Waals surface area (Å²) in [7, 11) is 4.66. The van der Waals surface area contributed by atoms with Gasteiger partial charge in [-0.05, 0) is 35.9 Å². The molecule has 2 aromatic carbocycles. The molecule has 0 aliphatic carbocycles. The summed E-state index contributed by atoms with van der Waals surface area (Å²) in [6.45, 7) is 3.35. The minimum absolute atomic E-state index is 0.0589. The van der Waals surface area contributed by atoms with Gasteiger partial charge in [-0.1, -0.05) is 18.2 Å². The SMILES string of the molecule is COc1cc(/C=C/C(=O)N2CCN(C[C@H](O)COc3ccccc3)CC2)cc(OC)c1OC. The molecule has 8 nitrogen and oxygen atoms in total. The van der Waals surface area contributed by atoms with E-state index in [1.165, 1.54) is 0 Å². The number of carbonyl (C=O) groups excluding carboxylic acids is 1. The molecular weight excluding hydrogens is 424 g/mol. The van der Waals surface area contributed by atoms with E-state index in [1.54, 1.807) is 50.5 Å². The number of methoxy groups -OCH3 is 3. The normalized spacial score (nSPS) is 15.3. The Morgan fingerprint density at radius 2 is 1.64 bits per heavy atom. The number of carbonyl (C=O) groups is 1. The fraction of sp³-hybridized carbons (Fsp3) is 0.400. The Labute approximate surface area is 194 Å². The van der Waals surface area contributed by atoms with Crippen LogP contribution in [0.15, 0.2) is 48.5 Å². The molecule has 1 amide bonds. The number of ether oxygens (including phenoxy) is 4. The van der Waals surface area contributed by atoms with Gasteiger partial charge in [-0.15, -0.1) is 0 Å². The van der Waals surface area contributed by atoms with Crippen LogP contribution in [-0.4, -0.2) is 87.6 Å². The number of aliphatic hydroxyl groups is 1. The molecule has 1 fully saturated rings. The standard InChI is InChI=1S/C25H32N2O6/c1-30-22-15-19(16-23(31-2)25(22)32-3)9-10-24(29)27-13-11-26(12-14-27)17-20(28)18-33-21-7-5-4-6-8-21/h4-10,15-16,20,28H,11-14,17-18H2,1-3H3/b10-9+/t20-/m0/s1. The Balaban J connectivity index is 1.47. The molecule has 1 atom stereocenters. The zero-order valence-corrected chi connectivity index (χ0v) is 19.4. The topological polar surface area (TPSA) is 80.7 Å². The minimum atomic E-state index is -0.590. The zero-order chi connectivity index (χ0) is 23.6. The first-order chi connectivity index (χ1) is 16.0. The number of hydrogen-bond acceptors (Lipinski definition) is 7. The van der Waals surface area contributed by atoms with Gasteiger partial charge in [-0.3, -0.25) is 9.69 Å². The number of β-amino-alcohol motifs (C(OH)–C–C–N with tert-alkyl or cyclic N) is 1. The van der Waals surface area contributed by atoms with Crippen molar-refractivity contribution in [3.8, 4) is 23.0 Å². The molecule has 0 unspecified atom stereocenters. The lowest BCUT2D eigenvalue weighted by Crippen LogP contribution is -2.50. The van der Waals surface area contributed by atoms with Gasteiger partial charge in [0.25, 0.3) is 0 Å². The number of piperazine rings is 1. The van der Waals surface area contributed by atoms with Crippen LogP contribution in [0.1, 0.15) is 5.56 Å². The minimum Gasteiger partial charge on any atom is -0.493 e. The lowest BCUT2D eigenvalue weighted by Gasteiger charge is -2.35. The number of nitrogens with zero attached hydrogens (tertiary/aromatic N) is 2. The van der Waals surface area contributed by atoms with Gasteiger partial charge in [0, 0.05) is 38.8 Å². The second-order valence-electron chi connectivity index (χ2n) is 7.70. The molecule has 2 aromatic rings. The first-order valence-electron chi connectivity index (χ1n) is 10.9.